The van der Waals surface area contributed by atoms with E-state index in [0.717, 1.165) is 24.3 Å². The molecule has 0 saturated carbocycles. The van der Waals surface area contributed by atoms with Crippen molar-refractivity contribution in [2.24, 2.45) is 5.84 Å². The Morgan fingerprint density at radius 2 is 2.06 bits per heavy atom. The van der Waals surface area contributed by atoms with E-state index in [-0.39, 0.29) is 56.9 Å². The van der Waals surface area contributed by atoms with Crippen LogP contribution in [-0.2, 0) is 47.1 Å². The average molecular weight is 329 g/mol. The van der Waals surface area contributed by atoms with Gasteiger partial charge in [0.2, 0.25) is 5.91 Å². The number of unbranched alkanes of at least 4 members (excludes halogenated alkanes) is 2. The Hall–Kier alpha value is -0.456. The minimum atomic E-state index is -0.201. The quantitative estimate of drug-likeness (QED) is 0.183. The van der Waals surface area contributed by atoms with Crippen LogP contribution in [0.5, 0.6) is 0 Å². The number of nitrogens with zero attached hydrogens (tertiary/aromatic N) is 2. The van der Waals surface area contributed by atoms with E-state index in [1.54, 1.807) is 0 Å². The smallest absolute Gasteiger partial charge is 0.236 e. The molecule has 1 aliphatic rings. The molecule has 0 bridgehead atoms. The van der Waals surface area contributed by atoms with Crippen LogP contribution in [0.25, 0.3) is 0 Å². The predicted octanol–water partition coefficient (Wildman–Crippen LogP) is -0.160. The number of amides is 3. The molecule has 18 heavy (non-hydrogen) atoms. The van der Waals surface area contributed by atoms with E-state index in [0.29, 0.717) is 13.0 Å². The first-order valence-electron chi connectivity index (χ1n) is 5.71. The number of imide groups is 1. The number of likely N-dealkylation sites (tertiary alicyclic amines) is 1. The summed E-state index contributed by atoms with van der Waals surface area (Å²) in [5.74, 6) is 4.83. The van der Waals surface area contributed by atoms with E-state index in [9.17, 15) is 14.4 Å². The zero-order chi connectivity index (χ0) is 12.8. The van der Waals surface area contributed by atoms with Gasteiger partial charge in [0, 0.05) is 52.7 Å². The summed E-state index contributed by atoms with van der Waals surface area (Å²) in [7, 11) is 1.51. The molecule has 1 heterocycles. The molecule has 0 unspecified atom stereocenters. The standard InChI is InChI=1S/C11H18N3O3.Y/c1-13(12)9(15)5-3-2-4-8-14-10(16)6-7-11(14)17;/h6H,2-5,7-8,12H2,1H3;/q-1;. The summed E-state index contributed by atoms with van der Waals surface area (Å²) in [6.07, 6.45) is 4.27. The van der Waals surface area contributed by atoms with Gasteiger partial charge < -0.3 is 9.69 Å². The summed E-state index contributed by atoms with van der Waals surface area (Å²) in [5.41, 5.74) is 0. The van der Waals surface area contributed by atoms with E-state index in [1.807, 2.05) is 0 Å². The van der Waals surface area contributed by atoms with Gasteiger partial charge in [-0.15, -0.1) is 0 Å². The van der Waals surface area contributed by atoms with Crippen LogP contribution >= 0.6 is 0 Å². The zero-order valence-corrected chi connectivity index (χ0v) is 13.4. The molecule has 0 aromatic rings. The van der Waals surface area contributed by atoms with Gasteiger partial charge >= 0.3 is 0 Å². The molecule has 1 aliphatic heterocycles. The first-order chi connectivity index (χ1) is 8.02. The first-order valence-corrected chi connectivity index (χ1v) is 5.71. The minimum absolute atomic E-state index is 0. The van der Waals surface area contributed by atoms with E-state index in [2.05, 4.69) is 0 Å². The van der Waals surface area contributed by atoms with Crippen LogP contribution in [-0.4, -0.2) is 41.2 Å². The molecule has 0 aromatic heterocycles. The van der Waals surface area contributed by atoms with Gasteiger partial charge in [0.15, 0.2) is 5.91 Å². The Morgan fingerprint density at radius 1 is 1.39 bits per heavy atom. The molecule has 99 valence electrons. The molecule has 1 saturated heterocycles. The Labute approximate surface area is 132 Å². The van der Waals surface area contributed by atoms with Gasteiger partial charge in [-0.25, -0.2) is 5.84 Å². The minimum Gasteiger partial charge on any atom is -0.311 e. The van der Waals surface area contributed by atoms with Crippen molar-refractivity contribution in [1.82, 2.24) is 9.91 Å². The van der Waals surface area contributed by atoms with Gasteiger partial charge in [-0.2, -0.15) is 0 Å². The van der Waals surface area contributed by atoms with Crippen molar-refractivity contribution < 1.29 is 47.1 Å². The summed E-state index contributed by atoms with van der Waals surface area (Å²) in [6, 6.07) is 0. The van der Waals surface area contributed by atoms with Crippen LogP contribution in [0.2, 0.25) is 0 Å². The van der Waals surface area contributed by atoms with Crippen LogP contribution in [0.4, 0.5) is 0 Å². The van der Waals surface area contributed by atoms with Crippen LogP contribution in [0, 0.1) is 6.42 Å². The SMILES string of the molecule is CN(N)C(=O)CCCCCN1C(=O)[CH-]CC1=O.[Y]. The van der Waals surface area contributed by atoms with Crippen LogP contribution in [0.3, 0.4) is 0 Å². The normalized spacial score (nSPS) is 14.2. The topological polar surface area (TPSA) is 83.7 Å². The molecule has 3 amide bonds. The van der Waals surface area contributed by atoms with Gasteiger partial charge in [0.05, 0.1) is 5.91 Å². The third kappa shape index (κ3) is 5.46. The molecule has 0 aliphatic carbocycles. The average Bonchev–Trinajstić information content (AvgIpc) is 2.59. The number of carbonyl (C=O) groups is 3. The zero-order valence-electron chi connectivity index (χ0n) is 10.6. The summed E-state index contributed by atoms with van der Waals surface area (Å²) in [4.78, 5) is 34.9. The number of nitrogens with two attached hydrogens (primary N) is 1. The van der Waals surface area contributed by atoms with Gasteiger partial charge in [-0.3, -0.25) is 21.0 Å². The Bertz CT molecular complexity index is 305. The maximum absolute atomic E-state index is 11.2. The Kier molecular flexibility index (Phi) is 8.39. The summed E-state index contributed by atoms with van der Waals surface area (Å²) in [5, 5.41) is 1.07. The maximum Gasteiger partial charge on any atom is 0.236 e. The molecule has 0 spiro atoms. The number of hydrogen-bond donors (Lipinski definition) is 1. The predicted molar refractivity (Wildman–Crippen MR) is 61.1 cm³/mol. The van der Waals surface area contributed by atoms with Gasteiger partial charge in [0.25, 0.3) is 0 Å². The second-order valence-corrected chi connectivity index (χ2v) is 4.11. The number of hydrogen-bond acceptors (Lipinski definition) is 4. The van der Waals surface area contributed by atoms with Crippen molar-refractivity contribution in [2.75, 3.05) is 13.6 Å². The number of carbonyl (C=O) groups excluding carboxylic acids is 3. The fraction of sp³-hybridized carbons (Fsp3) is 0.636. The van der Waals surface area contributed by atoms with Crippen molar-refractivity contribution >= 4 is 17.7 Å². The Balaban J connectivity index is 0.00000289. The summed E-state index contributed by atoms with van der Waals surface area (Å²) < 4.78 is 0. The van der Waals surface area contributed by atoms with E-state index in [4.69, 9.17) is 5.84 Å². The molecule has 0 atom stereocenters. The van der Waals surface area contributed by atoms with Crippen molar-refractivity contribution in [3.05, 3.63) is 6.42 Å². The van der Waals surface area contributed by atoms with E-state index < -0.39 is 0 Å². The third-order valence-corrected chi connectivity index (χ3v) is 2.68. The van der Waals surface area contributed by atoms with Crippen LogP contribution < -0.4 is 5.84 Å². The summed E-state index contributed by atoms with van der Waals surface area (Å²) >= 11 is 0. The fourth-order valence-electron chi connectivity index (χ4n) is 1.65. The second-order valence-electron chi connectivity index (χ2n) is 4.11. The third-order valence-electron chi connectivity index (χ3n) is 2.68. The molecule has 7 heteroatoms. The van der Waals surface area contributed by atoms with Crippen molar-refractivity contribution in [1.29, 1.82) is 0 Å². The Morgan fingerprint density at radius 3 is 2.56 bits per heavy atom. The van der Waals surface area contributed by atoms with E-state index in [1.165, 1.54) is 18.4 Å². The van der Waals surface area contributed by atoms with E-state index >= 15 is 0 Å². The molecular weight excluding hydrogens is 311 g/mol. The molecule has 1 fully saturated rings. The van der Waals surface area contributed by atoms with Gasteiger partial charge in [-0.05, 0) is 12.8 Å². The van der Waals surface area contributed by atoms with Crippen molar-refractivity contribution in [3.8, 4) is 0 Å². The molecule has 0 aromatic carbocycles. The summed E-state index contributed by atoms with van der Waals surface area (Å²) in [6.45, 7) is 0.445. The molecule has 1 radical (unpaired) electrons. The second kappa shape index (κ2) is 8.61. The largest absolute Gasteiger partial charge is 0.311 e. The molecule has 1 rings (SSSR count). The van der Waals surface area contributed by atoms with Crippen LogP contribution in [0.1, 0.15) is 32.1 Å². The van der Waals surface area contributed by atoms with Gasteiger partial charge in [-0.1, -0.05) is 12.8 Å². The fourth-order valence-corrected chi connectivity index (χ4v) is 1.65. The van der Waals surface area contributed by atoms with Crippen molar-refractivity contribution in [2.45, 2.75) is 32.1 Å². The van der Waals surface area contributed by atoms with Crippen molar-refractivity contribution in [3.63, 3.8) is 0 Å². The molecule has 2 N–H and O–H groups in total. The monoisotopic (exact) mass is 329 g/mol. The number of rotatable bonds is 6. The maximum atomic E-state index is 11.2. The molecule has 6 nitrogen and oxygen atoms in total. The molecular formula is C11H18N3O3Y-. The number of hydrazine groups is 1. The first kappa shape index (κ1) is 17.5. The van der Waals surface area contributed by atoms with Crippen LogP contribution in [0.15, 0.2) is 0 Å². The van der Waals surface area contributed by atoms with Gasteiger partial charge in [0.1, 0.15) is 0 Å².